The molecular formula is C20H30N4O3. The molecule has 148 valence electrons. The van der Waals surface area contributed by atoms with Crippen LogP contribution in [0.1, 0.15) is 32.6 Å². The number of amides is 2. The van der Waals surface area contributed by atoms with Gasteiger partial charge in [0.1, 0.15) is 0 Å². The number of hydrogen-bond acceptors (Lipinski definition) is 4. The number of guanidine groups is 1. The number of imide groups is 1. The van der Waals surface area contributed by atoms with Gasteiger partial charge >= 0.3 is 0 Å². The van der Waals surface area contributed by atoms with E-state index in [9.17, 15) is 14.7 Å². The van der Waals surface area contributed by atoms with Crippen molar-refractivity contribution in [3.8, 4) is 0 Å². The first-order chi connectivity index (χ1) is 13.1. The molecule has 1 saturated heterocycles. The standard InChI is InChI=1S/C20H30N4O3/c1-2-21-19(23-11-20(12-25)6-7-20)22-8-3-9-24-17(26)15-13-4-5-14(10-13)16(15)18(24)27/h4-5,13-16,25H,2-3,6-12H2,1H3,(H2,21,22,23). The highest BCUT2D eigenvalue weighted by Gasteiger charge is 2.58. The van der Waals surface area contributed by atoms with Gasteiger partial charge in [-0.05, 0) is 44.4 Å². The number of nitrogens with zero attached hydrogens (tertiary/aromatic N) is 2. The van der Waals surface area contributed by atoms with Crippen molar-refractivity contribution in [1.29, 1.82) is 0 Å². The summed E-state index contributed by atoms with van der Waals surface area (Å²) in [4.78, 5) is 31.4. The van der Waals surface area contributed by atoms with Crippen molar-refractivity contribution < 1.29 is 14.7 Å². The zero-order chi connectivity index (χ0) is 19.0. The average molecular weight is 374 g/mol. The molecule has 3 fully saturated rings. The highest BCUT2D eigenvalue weighted by atomic mass is 16.3. The highest BCUT2D eigenvalue weighted by Crippen LogP contribution is 2.52. The van der Waals surface area contributed by atoms with E-state index < -0.39 is 0 Å². The molecule has 0 aromatic rings. The molecule has 4 atom stereocenters. The smallest absolute Gasteiger partial charge is 0.233 e. The number of nitrogens with one attached hydrogen (secondary N) is 2. The van der Waals surface area contributed by atoms with E-state index in [1.54, 1.807) is 0 Å². The van der Waals surface area contributed by atoms with Crippen molar-refractivity contribution in [2.75, 3.05) is 32.8 Å². The predicted octanol–water partition coefficient (Wildman–Crippen LogP) is 0.511. The normalized spacial score (nSPS) is 33.0. The second kappa shape index (κ2) is 7.26. The third kappa shape index (κ3) is 3.37. The molecule has 1 heterocycles. The number of carbonyl (C=O) groups is 2. The Morgan fingerprint density at radius 2 is 1.89 bits per heavy atom. The Balaban J connectivity index is 1.25. The highest BCUT2D eigenvalue weighted by molar-refractivity contribution is 6.06. The van der Waals surface area contributed by atoms with Gasteiger partial charge in [-0.15, -0.1) is 0 Å². The maximum Gasteiger partial charge on any atom is 0.233 e. The SMILES string of the molecule is CCNC(=NCC1(CO)CC1)NCCCN1C(=O)C2C3C=CC(C3)C2C1=O. The molecule has 27 heavy (non-hydrogen) atoms. The van der Waals surface area contributed by atoms with Gasteiger partial charge in [0.2, 0.25) is 11.8 Å². The van der Waals surface area contributed by atoms with Crippen molar-refractivity contribution in [2.24, 2.45) is 34.1 Å². The molecule has 2 bridgehead atoms. The molecule has 4 unspecified atom stereocenters. The van der Waals surface area contributed by atoms with E-state index in [1.165, 1.54) is 4.90 Å². The van der Waals surface area contributed by atoms with Gasteiger partial charge in [-0.25, -0.2) is 0 Å². The summed E-state index contributed by atoms with van der Waals surface area (Å²) in [6.07, 6.45) is 7.99. The van der Waals surface area contributed by atoms with Crippen LogP contribution in [0.15, 0.2) is 17.1 Å². The first-order valence-corrected chi connectivity index (χ1v) is 10.3. The van der Waals surface area contributed by atoms with Gasteiger partial charge in [-0.2, -0.15) is 0 Å². The summed E-state index contributed by atoms with van der Waals surface area (Å²) >= 11 is 0. The second-order valence-electron chi connectivity index (χ2n) is 8.46. The molecule has 7 nitrogen and oxygen atoms in total. The van der Waals surface area contributed by atoms with Gasteiger partial charge in [0.25, 0.3) is 0 Å². The molecule has 2 saturated carbocycles. The number of carbonyl (C=O) groups excluding carboxylic acids is 2. The molecule has 0 aromatic carbocycles. The van der Waals surface area contributed by atoms with Crippen molar-refractivity contribution in [3.05, 3.63) is 12.2 Å². The van der Waals surface area contributed by atoms with Crippen molar-refractivity contribution in [1.82, 2.24) is 15.5 Å². The number of fused-ring (bicyclic) bond motifs is 5. The number of rotatable bonds is 8. The third-order valence-corrected chi connectivity index (χ3v) is 6.62. The summed E-state index contributed by atoms with van der Waals surface area (Å²) in [5.41, 5.74) is -0.0120. The van der Waals surface area contributed by atoms with Crippen molar-refractivity contribution in [2.45, 2.75) is 32.6 Å². The molecule has 4 rings (SSSR count). The molecule has 3 aliphatic carbocycles. The first kappa shape index (κ1) is 18.5. The van der Waals surface area contributed by atoms with Crippen LogP contribution in [0.3, 0.4) is 0 Å². The van der Waals surface area contributed by atoms with Crippen LogP contribution in [0, 0.1) is 29.1 Å². The fourth-order valence-corrected chi connectivity index (χ4v) is 4.76. The van der Waals surface area contributed by atoms with Gasteiger partial charge in [-0.1, -0.05) is 12.2 Å². The molecule has 1 aliphatic heterocycles. The summed E-state index contributed by atoms with van der Waals surface area (Å²) in [6.45, 7) is 4.71. The number of aliphatic imine (C=N–C) groups is 1. The van der Waals surface area contributed by atoms with Crippen LogP contribution in [0.2, 0.25) is 0 Å². The van der Waals surface area contributed by atoms with E-state index in [1.807, 2.05) is 6.92 Å². The summed E-state index contributed by atoms with van der Waals surface area (Å²) < 4.78 is 0. The lowest BCUT2D eigenvalue weighted by Crippen LogP contribution is -2.40. The number of aliphatic hydroxyl groups is 1. The zero-order valence-corrected chi connectivity index (χ0v) is 16.0. The molecule has 4 aliphatic rings. The summed E-state index contributed by atoms with van der Waals surface area (Å²) in [5, 5.41) is 15.9. The Labute approximate surface area is 160 Å². The summed E-state index contributed by atoms with van der Waals surface area (Å²) in [7, 11) is 0. The Kier molecular flexibility index (Phi) is 4.97. The van der Waals surface area contributed by atoms with E-state index in [4.69, 9.17) is 0 Å². The van der Waals surface area contributed by atoms with Gasteiger partial charge in [0.15, 0.2) is 5.96 Å². The van der Waals surface area contributed by atoms with E-state index >= 15 is 0 Å². The van der Waals surface area contributed by atoms with Crippen LogP contribution in [0.5, 0.6) is 0 Å². The number of hydrogen-bond donors (Lipinski definition) is 3. The zero-order valence-electron chi connectivity index (χ0n) is 16.0. The lowest BCUT2D eigenvalue weighted by Gasteiger charge is -2.18. The molecule has 0 spiro atoms. The van der Waals surface area contributed by atoms with Gasteiger partial charge < -0.3 is 15.7 Å². The number of allylic oxidation sites excluding steroid dienone is 2. The number of aliphatic hydroxyl groups excluding tert-OH is 1. The monoisotopic (exact) mass is 374 g/mol. The Hall–Kier alpha value is -1.89. The van der Waals surface area contributed by atoms with Crippen LogP contribution in [0.4, 0.5) is 0 Å². The maximum atomic E-state index is 12.7. The summed E-state index contributed by atoms with van der Waals surface area (Å²) in [5.74, 6) is 1.12. The maximum absolute atomic E-state index is 12.7. The lowest BCUT2D eigenvalue weighted by atomic mass is 9.85. The van der Waals surface area contributed by atoms with Crippen LogP contribution < -0.4 is 10.6 Å². The first-order valence-electron chi connectivity index (χ1n) is 10.3. The Bertz CT molecular complexity index is 640. The fraction of sp³-hybridized carbons (Fsp3) is 0.750. The minimum Gasteiger partial charge on any atom is -0.396 e. The molecule has 2 amide bonds. The largest absolute Gasteiger partial charge is 0.396 e. The van der Waals surface area contributed by atoms with Crippen LogP contribution in [-0.4, -0.2) is 60.6 Å². The fourth-order valence-electron chi connectivity index (χ4n) is 4.76. The van der Waals surface area contributed by atoms with Crippen LogP contribution in [-0.2, 0) is 9.59 Å². The van der Waals surface area contributed by atoms with E-state index in [0.29, 0.717) is 26.1 Å². The number of likely N-dealkylation sites (tertiary alicyclic amines) is 1. The lowest BCUT2D eigenvalue weighted by molar-refractivity contribution is -0.140. The average Bonchev–Trinajstić information content (AvgIpc) is 3.03. The second-order valence-corrected chi connectivity index (χ2v) is 8.46. The quantitative estimate of drug-likeness (QED) is 0.189. The third-order valence-electron chi connectivity index (χ3n) is 6.62. The van der Waals surface area contributed by atoms with Crippen molar-refractivity contribution >= 4 is 17.8 Å². The molecule has 7 heteroatoms. The minimum atomic E-state index is -0.104. The molecule has 3 N–H and O–H groups in total. The van der Waals surface area contributed by atoms with Crippen LogP contribution >= 0.6 is 0 Å². The minimum absolute atomic E-state index is 0.0120. The topological polar surface area (TPSA) is 94.0 Å². The van der Waals surface area contributed by atoms with Crippen molar-refractivity contribution in [3.63, 3.8) is 0 Å². The van der Waals surface area contributed by atoms with E-state index in [2.05, 4.69) is 27.8 Å². The Morgan fingerprint density at radius 3 is 2.44 bits per heavy atom. The predicted molar refractivity (Wildman–Crippen MR) is 102 cm³/mol. The summed E-state index contributed by atoms with van der Waals surface area (Å²) in [6, 6.07) is 0. The van der Waals surface area contributed by atoms with Gasteiger partial charge in [0, 0.05) is 25.0 Å². The van der Waals surface area contributed by atoms with Crippen LogP contribution in [0.25, 0.3) is 0 Å². The van der Waals surface area contributed by atoms with E-state index in [0.717, 1.165) is 31.8 Å². The Morgan fingerprint density at radius 1 is 1.22 bits per heavy atom. The molecule has 0 aromatic heterocycles. The van der Waals surface area contributed by atoms with Gasteiger partial charge in [-0.3, -0.25) is 19.5 Å². The van der Waals surface area contributed by atoms with E-state index in [-0.39, 0.29) is 47.5 Å². The van der Waals surface area contributed by atoms with Gasteiger partial charge in [0.05, 0.1) is 25.0 Å². The molecular weight excluding hydrogens is 344 g/mol. The molecule has 0 radical (unpaired) electrons.